The highest BCUT2D eigenvalue weighted by molar-refractivity contribution is 6.32. The third-order valence-corrected chi connectivity index (χ3v) is 4.03. The van der Waals surface area contributed by atoms with Crippen molar-refractivity contribution in [3.8, 4) is 5.69 Å². The van der Waals surface area contributed by atoms with E-state index in [0.29, 0.717) is 23.0 Å². The Balaban J connectivity index is 1.78. The molecular weight excluding hydrogens is 332 g/mol. The molecule has 0 unspecified atom stereocenters. The van der Waals surface area contributed by atoms with Crippen LogP contribution in [0.1, 0.15) is 48.0 Å². The first-order valence-corrected chi connectivity index (χ1v) is 8.16. The number of rotatable bonds is 7. The Morgan fingerprint density at radius 3 is 2.75 bits per heavy atom. The van der Waals surface area contributed by atoms with Crippen molar-refractivity contribution in [2.45, 2.75) is 31.6 Å². The lowest BCUT2D eigenvalue weighted by molar-refractivity contribution is -0.137. The van der Waals surface area contributed by atoms with E-state index in [0.717, 1.165) is 18.7 Å². The van der Waals surface area contributed by atoms with E-state index in [9.17, 15) is 9.59 Å². The molecule has 1 fully saturated rings. The van der Waals surface area contributed by atoms with Crippen molar-refractivity contribution in [2.75, 3.05) is 6.54 Å². The summed E-state index contributed by atoms with van der Waals surface area (Å²) in [4.78, 5) is 27.0. The van der Waals surface area contributed by atoms with E-state index in [1.54, 1.807) is 10.7 Å². The van der Waals surface area contributed by atoms with E-state index >= 15 is 0 Å². The highest BCUT2D eigenvalue weighted by Gasteiger charge is 2.31. The van der Waals surface area contributed by atoms with E-state index in [4.69, 9.17) is 16.7 Å². The van der Waals surface area contributed by atoms with Crippen LogP contribution in [-0.4, -0.2) is 38.3 Å². The SMILES string of the molecule is O=C(O)CCCNC(=O)c1nc(C2CC2)n(-c2ccccc2Cl)n1. The number of hydrogen-bond acceptors (Lipinski definition) is 4. The number of nitrogens with one attached hydrogen (secondary N) is 1. The number of benzene rings is 1. The molecule has 0 radical (unpaired) electrons. The number of hydrogen-bond donors (Lipinski definition) is 2. The Kier molecular flexibility index (Phi) is 4.80. The van der Waals surface area contributed by atoms with Gasteiger partial charge in [-0.3, -0.25) is 9.59 Å². The second-order valence-electron chi connectivity index (χ2n) is 5.68. The zero-order valence-corrected chi connectivity index (χ0v) is 13.7. The van der Waals surface area contributed by atoms with Crippen molar-refractivity contribution < 1.29 is 14.7 Å². The molecule has 8 heteroatoms. The molecule has 7 nitrogen and oxygen atoms in total. The maximum atomic E-state index is 12.2. The first-order chi connectivity index (χ1) is 11.6. The van der Waals surface area contributed by atoms with Gasteiger partial charge in [0.15, 0.2) is 0 Å². The standard InChI is InChI=1S/C16H17ClN4O3/c17-11-4-1-2-5-12(11)21-15(10-7-8-10)19-14(20-21)16(24)18-9-3-6-13(22)23/h1-2,4-5,10H,3,6-9H2,(H,18,24)(H,22,23). The van der Waals surface area contributed by atoms with Crippen LogP contribution in [0.4, 0.5) is 0 Å². The smallest absolute Gasteiger partial charge is 0.303 e. The van der Waals surface area contributed by atoms with Crippen LogP contribution in [-0.2, 0) is 4.79 Å². The molecule has 2 aromatic rings. The van der Waals surface area contributed by atoms with Gasteiger partial charge >= 0.3 is 5.97 Å². The fourth-order valence-corrected chi connectivity index (χ4v) is 2.56. The topological polar surface area (TPSA) is 97.1 Å². The number of nitrogens with zero attached hydrogens (tertiary/aromatic N) is 3. The van der Waals surface area contributed by atoms with E-state index in [1.807, 2.05) is 18.2 Å². The molecule has 126 valence electrons. The molecule has 1 aliphatic carbocycles. The van der Waals surface area contributed by atoms with Crippen LogP contribution in [0.25, 0.3) is 5.69 Å². The number of aromatic nitrogens is 3. The highest BCUT2D eigenvalue weighted by atomic mass is 35.5. The van der Waals surface area contributed by atoms with Gasteiger partial charge in [0.25, 0.3) is 5.91 Å². The van der Waals surface area contributed by atoms with Crippen molar-refractivity contribution in [2.24, 2.45) is 0 Å². The molecule has 0 bridgehead atoms. The van der Waals surface area contributed by atoms with E-state index in [1.165, 1.54) is 0 Å². The van der Waals surface area contributed by atoms with Crippen molar-refractivity contribution >= 4 is 23.5 Å². The van der Waals surface area contributed by atoms with Gasteiger partial charge in [-0.25, -0.2) is 9.67 Å². The summed E-state index contributed by atoms with van der Waals surface area (Å²) in [6.45, 7) is 0.268. The van der Waals surface area contributed by atoms with Gasteiger partial charge in [0.05, 0.1) is 10.7 Å². The zero-order valence-electron chi connectivity index (χ0n) is 12.9. The lowest BCUT2D eigenvalue weighted by Crippen LogP contribution is -2.26. The van der Waals surface area contributed by atoms with Crippen LogP contribution in [0, 0.1) is 0 Å². The molecule has 1 heterocycles. The molecule has 3 rings (SSSR count). The molecule has 1 aliphatic rings. The minimum absolute atomic E-state index is 0.00902. The first kappa shape index (κ1) is 16.4. The second kappa shape index (κ2) is 7.00. The van der Waals surface area contributed by atoms with Gasteiger partial charge in [-0.15, -0.1) is 5.10 Å². The predicted molar refractivity (Wildman–Crippen MR) is 87.5 cm³/mol. The average Bonchev–Trinajstić information content (AvgIpc) is 3.30. The fourth-order valence-electron chi connectivity index (χ4n) is 2.35. The number of carboxylic acids is 1. The highest BCUT2D eigenvalue weighted by Crippen LogP contribution is 2.40. The number of carbonyl (C=O) groups is 2. The van der Waals surface area contributed by atoms with E-state index in [2.05, 4.69) is 15.4 Å². The minimum Gasteiger partial charge on any atom is -0.481 e. The van der Waals surface area contributed by atoms with E-state index < -0.39 is 11.9 Å². The van der Waals surface area contributed by atoms with Gasteiger partial charge in [0.2, 0.25) is 5.82 Å². The van der Waals surface area contributed by atoms with Crippen LogP contribution in [0.5, 0.6) is 0 Å². The van der Waals surface area contributed by atoms with Crippen LogP contribution in [0.2, 0.25) is 5.02 Å². The summed E-state index contributed by atoms with van der Waals surface area (Å²) in [6.07, 6.45) is 2.41. The summed E-state index contributed by atoms with van der Waals surface area (Å²) in [5, 5.41) is 16.1. The van der Waals surface area contributed by atoms with Crippen LogP contribution in [0.15, 0.2) is 24.3 Å². The molecule has 1 aromatic carbocycles. The molecule has 24 heavy (non-hydrogen) atoms. The van der Waals surface area contributed by atoms with Crippen molar-refractivity contribution in [1.29, 1.82) is 0 Å². The summed E-state index contributed by atoms with van der Waals surface area (Å²) < 4.78 is 1.63. The van der Waals surface area contributed by atoms with Crippen LogP contribution < -0.4 is 5.32 Å². The summed E-state index contributed by atoms with van der Waals surface area (Å²) in [6, 6.07) is 7.28. The lowest BCUT2D eigenvalue weighted by atomic mass is 10.3. The third-order valence-electron chi connectivity index (χ3n) is 3.71. The van der Waals surface area contributed by atoms with Crippen molar-refractivity contribution in [3.05, 3.63) is 40.9 Å². The molecule has 1 amide bonds. The number of halogens is 1. The van der Waals surface area contributed by atoms with Crippen LogP contribution in [0.3, 0.4) is 0 Å². The summed E-state index contributed by atoms with van der Waals surface area (Å²) >= 11 is 6.23. The average molecular weight is 349 g/mol. The summed E-state index contributed by atoms with van der Waals surface area (Å²) in [5.74, 6) is -0.192. The predicted octanol–water partition coefficient (Wildman–Crippen LogP) is 2.39. The number of aliphatic carboxylic acids is 1. The molecular formula is C16H17ClN4O3. The fraction of sp³-hybridized carbons (Fsp3) is 0.375. The van der Waals surface area contributed by atoms with Gasteiger partial charge < -0.3 is 10.4 Å². The van der Waals surface area contributed by atoms with Crippen molar-refractivity contribution in [1.82, 2.24) is 20.1 Å². The maximum Gasteiger partial charge on any atom is 0.303 e. The normalized spacial score (nSPS) is 13.7. The van der Waals surface area contributed by atoms with Crippen LogP contribution >= 0.6 is 11.6 Å². The summed E-state index contributed by atoms with van der Waals surface area (Å²) in [5.41, 5.74) is 0.693. The molecule has 0 atom stereocenters. The molecule has 0 spiro atoms. The Labute approximate surface area is 143 Å². The summed E-state index contributed by atoms with van der Waals surface area (Å²) in [7, 11) is 0. The van der Waals surface area contributed by atoms with Gasteiger partial charge in [0.1, 0.15) is 5.82 Å². The first-order valence-electron chi connectivity index (χ1n) is 7.78. The second-order valence-corrected chi connectivity index (χ2v) is 6.09. The van der Waals surface area contributed by atoms with Gasteiger partial charge in [-0.2, -0.15) is 0 Å². The zero-order chi connectivity index (χ0) is 17.1. The number of amides is 1. The van der Waals surface area contributed by atoms with E-state index in [-0.39, 0.29) is 18.8 Å². The molecule has 0 saturated heterocycles. The minimum atomic E-state index is -0.888. The largest absolute Gasteiger partial charge is 0.481 e. The maximum absolute atomic E-state index is 12.2. The van der Waals surface area contributed by atoms with Gasteiger partial charge in [-0.1, -0.05) is 23.7 Å². The lowest BCUT2D eigenvalue weighted by Gasteiger charge is -2.06. The quantitative estimate of drug-likeness (QED) is 0.749. The molecule has 2 N–H and O–H groups in total. The Hall–Kier alpha value is -2.41. The number of para-hydroxylation sites is 1. The third kappa shape index (κ3) is 3.73. The van der Waals surface area contributed by atoms with Crippen molar-refractivity contribution in [3.63, 3.8) is 0 Å². The number of carboxylic acid groups (broad SMARTS) is 1. The Bertz CT molecular complexity index is 770. The monoisotopic (exact) mass is 348 g/mol. The molecule has 0 aliphatic heterocycles. The molecule has 1 aromatic heterocycles. The molecule has 1 saturated carbocycles. The number of carbonyl (C=O) groups excluding carboxylic acids is 1. The van der Waals surface area contributed by atoms with Gasteiger partial charge in [0, 0.05) is 18.9 Å². The Morgan fingerprint density at radius 2 is 2.08 bits per heavy atom. The Morgan fingerprint density at radius 1 is 1.33 bits per heavy atom. The van der Waals surface area contributed by atoms with Gasteiger partial charge in [-0.05, 0) is 31.4 Å².